The molecule has 0 radical (unpaired) electrons. The molecule has 0 amide bonds. The van der Waals surface area contributed by atoms with Crippen molar-refractivity contribution >= 4 is 5.97 Å². The minimum atomic E-state index is -0.415. The van der Waals surface area contributed by atoms with E-state index in [1.54, 1.807) is 6.07 Å². The molecular formula is C8H17ArNO2. The van der Waals surface area contributed by atoms with Crippen LogP contribution in [-0.4, -0.2) is 12.6 Å². The van der Waals surface area contributed by atoms with Crippen LogP contribution in [0.3, 0.4) is 0 Å². The van der Waals surface area contributed by atoms with E-state index in [2.05, 4.69) is 4.74 Å². The SMILES string of the molecule is CC.CC.CC(=O)OCC#N.[Ar]. The van der Waals surface area contributed by atoms with Crippen LogP contribution >= 0.6 is 0 Å². The number of nitriles is 1. The number of rotatable bonds is 1. The smallest absolute Gasteiger partial charge is 0.303 e. The van der Waals surface area contributed by atoms with E-state index in [-0.39, 0.29) is 44.3 Å². The van der Waals surface area contributed by atoms with Crippen LogP contribution in [0.15, 0.2) is 0 Å². The average molecular weight is 199 g/mol. The molecule has 0 N–H and O–H groups in total. The minimum absolute atomic E-state index is 0. The van der Waals surface area contributed by atoms with Gasteiger partial charge in [-0.05, 0) is 0 Å². The van der Waals surface area contributed by atoms with Crippen LogP contribution in [0.2, 0.25) is 0 Å². The third kappa shape index (κ3) is 48.8. The van der Waals surface area contributed by atoms with Crippen LogP contribution in [0.25, 0.3) is 0 Å². The first-order chi connectivity index (χ1) is 5.27. The Morgan fingerprint density at radius 3 is 1.75 bits per heavy atom. The molecule has 4 heteroatoms. The van der Waals surface area contributed by atoms with E-state index in [1.807, 2.05) is 27.7 Å². The summed E-state index contributed by atoms with van der Waals surface area (Å²) in [6, 6.07) is 1.66. The molecule has 0 rings (SSSR count). The summed E-state index contributed by atoms with van der Waals surface area (Å²) >= 11 is 0. The number of hydrogen-bond donors (Lipinski definition) is 0. The van der Waals surface area contributed by atoms with E-state index in [0.717, 1.165) is 0 Å². The summed E-state index contributed by atoms with van der Waals surface area (Å²) in [5.41, 5.74) is 0. The molecule has 0 aromatic carbocycles. The van der Waals surface area contributed by atoms with Gasteiger partial charge in [0.1, 0.15) is 6.07 Å². The maximum Gasteiger partial charge on any atom is 0.303 e. The van der Waals surface area contributed by atoms with Gasteiger partial charge in [0.15, 0.2) is 6.61 Å². The fraction of sp³-hybridized carbons (Fsp3) is 0.750. The molecule has 0 saturated carbocycles. The Morgan fingerprint density at radius 1 is 1.33 bits per heavy atom. The first kappa shape index (κ1) is 22.8. The number of ether oxygens (including phenoxy) is 1. The molecule has 3 nitrogen and oxygen atoms in total. The van der Waals surface area contributed by atoms with Crippen LogP contribution in [0, 0.1) is 49.1 Å². The number of hydrogen-bond acceptors (Lipinski definition) is 3. The quantitative estimate of drug-likeness (QED) is 0.608. The van der Waals surface area contributed by atoms with E-state index < -0.39 is 5.97 Å². The molecular weight excluding hydrogens is 182 g/mol. The summed E-state index contributed by atoms with van der Waals surface area (Å²) in [7, 11) is 0. The molecule has 0 aliphatic carbocycles. The third-order valence-electron chi connectivity index (χ3n) is 0.340. The van der Waals surface area contributed by atoms with E-state index >= 15 is 0 Å². The number of nitrogens with zero attached hydrogens (tertiary/aromatic N) is 1. The van der Waals surface area contributed by atoms with E-state index in [0.29, 0.717) is 0 Å². The molecule has 0 saturated heterocycles. The monoisotopic (exact) mass is 199 g/mol. The van der Waals surface area contributed by atoms with Gasteiger partial charge in [0.25, 0.3) is 0 Å². The zero-order chi connectivity index (χ0) is 9.70. The predicted octanol–water partition coefficient (Wildman–Crippen LogP) is 2.13. The molecule has 12 heavy (non-hydrogen) atoms. The Balaban J connectivity index is -0.0000000560. The van der Waals surface area contributed by atoms with E-state index in [1.165, 1.54) is 6.92 Å². The zero-order valence-electron chi connectivity index (χ0n) is 8.32. The van der Waals surface area contributed by atoms with Crippen molar-refractivity contribution in [2.45, 2.75) is 34.6 Å². The maximum absolute atomic E-state index is 9.83. The summed E-state index contributed by atoms with van der Waals surface area (Å²) < 4.78 is 4.19. The maximum atomic E-state index is 9.83. The average Bonchev–Trinajstić information content (AvgIpc) is 2.08. The van der Waals surface area contributed by atoms with Gasteiger partial charge in [0, 0.05) is 44.7 Å². The van der Waals surface area contributed by atoms with Crippen molar-refractivity contribution in [3.8, 4) is 6.07 Å². The van der Waals surface area contributed by atoms with Gasteiger partial charge in [-0.1, -0.05) is 27.7 Å². The van der Waals surface area contributed by atoms with Gasteiger partial charge in [-0.3, -0.25) is 4.79 Å². The van der Waals surface area contributed by atoms with Crippen molar-refractivity contribution in [1.82, 2.24) is 0 Å². The Bertz CT molecular complexity index is 110. The standard InChI is InChI=1S/C4H5NO2.2C2H6.Ar/c1-4(6)7-3-2-5;2*1-2;/h3H2,1H3;2*1-2H3;. The molecule has 0 atom stereocenters. The van der Waals surface area contributed by atoms with Gasteiger partial charge in [-0.25, -0.2) is 0 Å². The number of esters is 1. The minimum Gasteiger partial charge on any atom is -0.450 e. The molecule has 0 bridgehead atoms. The first-order valence-corrected chi connectivity index (χ1v) is 3.77. The molecule has 0 aromatic heterocycles. The number of carbonyl (C=O) groups is 1. The second-order valence-corrected chi connectivity index (χ2v) is 0.938. The summed E-state index contributed by atoms with van der Waals surface area (Å²) in [5, 5.41) is 7.79. The molecule has 0 aliphatic heterocycles. The summed E-state index contributed by atoms with van der Waals surface area (Å²) in [5.74, 6) is -0.415. The van der Waals surface area contributed by atoms with Crippen molar-refractivity contribution in [2.24, 2.45) is 0 Å². The molecule has 0 spiro atoms. The third-order valence-corrected chi connectivity index (χ3v) is 0.340. The first-order valence-electron chi connectivity index (χ1n) is 3.77. The van der Waals surface area contributed by atoms with Gasteiger partial charge < -0.3 is 4.74 Å². The molecule has 74 valence electrons. The van der Waals surface area contributed by atoms with E-state index in [4.69, 9.17) is 5.26 Å². The summed E-state index contributed by atoms with van der Waals surface area (Å²) in [6.45, 7) is 9.12. The van der Waals surface area contributed by atoms with Gasteiger partial charge in [-0.15, -0.1) is 0 Å². The van der Waals surface area contributed by atoms with Crippen molar-refractivity contribution in [3.63, 3.8) is 0 Å². The fourth-order valence-corrected chi connectivity index (χ4v) is 0.134. The van der Waals surface area contributed by atoms with Crippen LogP contribution in [0.5, 0.6) is 0 Å². The van der Waals surface area contributed by atoms with Gasteiger partial charge in [-0.2, -0.15) is 5.26 Å². The molecule has 0 heterocycles. The van der Waals surface area contributed by atoms with Gasteiger partial charge in [0.05, 0.1) is 0 Å². The van der Waals surface area contributed by atoms with Crippen molar-refractivity contribution in [2.75, 3.05) is 6.61 Å². The predicted molar refractivity (Wildman–Crippen MR) is 44.9 cm³/mol. The Hall–Kier alpha value is 0.220. The molecule has 0 fully saturated rings. The summed E-state index contributed by atoms with van der Waals surface area (Å²) in [4.78, 5) is 9.83. The zero-order valence-corrected chi connectivity index (χ0v) is 9.03. The molecule has 0 unspecified atom stereocenters. The molecule has 0 aromatic rings. The van der Waals surface area contributed by atoms with Crippen LogP contribution < -0.4 is 0 Å². The van der Waals surface area contributed by atoms with Crippen molar-refractivity contribution < 1.29 is 47.3 Å². The normalized spacial score (nSPS) is 5.00. The van der Waals surface area contributed by atoms with Gasteiger partial charge >= 0.3 is 5.97 Å². The van der Waals surface area contributed by atoms with Crippen LogP contribution in [-0.2, 0) is 9.53 Å². The number of carbonyl (C=O) groups excluding carboxylic acids is 1. The van der Waals surface area contributed by atoms with Crippen molar-refractivity contribution in [1.29, 1.82) is 5.26 Å². The Labute approximate surface area is 105 Å². The Morgan fingerprint density at radius 2 is 1.67 bits per heavy atom. The Kier molecular flexibility index (Phi) is 57.5. The van der Waals surface area contributed by atoms with E-state index in [9.17, 15) is 4.79 Å². The van der Waals surface area contributed by atoms with Crippen LogP contribution in [0.1, 0.15) is 34.6 Å². The fourth-order valence-electron chi connectivity index (χ4n) is 0.134. The second kappa shape index (κ2) is 30.3. The topological polar surface area (TPSA) is 50.1 Å². The van der Waals surface area contributed by atoms with Gasteiger partial charge in [0.2, 0.25) is 0 Å². The second-order valence-electron chi connectivity index (χ2n) is 0.938. The largest absolute Gasteiger partial charge is 0.450 e. The van der Waals surface area contributed by atoms with Crippen LogP contribution in [0.4, 0.5) is 0 Å². The summed E-state index contributed by atoms with van der Waals surface area (Å²) in [6.07, 6.45) is 0. The van der Waals surface area contributed by atoms with Crippen molar-refractivity contribution in [3.05, 3.63) is 0 Å². The molecule has 0 aliphatic rings.